The van der Waals surface area contributed by atoms with E-state index in [9.17, 15) is 0 Å². The van der Waals surface area contributed by atoms with Crippen LogP contribution < -0.4 is 5.32 Å². The number of halogens is 1. The molecule has 0 aliphatic rings. The summed E-state index contributed by atoms with van der Waals surface area (Å²) in [5.74, 6) is 2.14. The molecule has 0 saturated carbocycles. The Morgan fingerprint density at radius 1 is 1.35 bits per heavy atom. The number of nitrogens with zero attached hydrogens (tertiary/aromatic N) is 4. The van der Waals surface area contributed by atoms with E-state index in [2.05, 4.69) is 66.1 Å². The molecule has 0 fully saturated rings. The zero-order valence-corrected chi connectivity index (χ0v) is 18.9. The third kappa shape index (κ3) is 6.03. The molecule has 0 unspecified atom stereocenters. The summed E-state index contributed by atoms with van der Waals surface area (Å²) < 4.78 is 7.60. The molecule has 146 valence electrons. The maximum atomic E-state index is 5.48. The summed E-state index contributed by atoms with van der Waals surface area (Å²) in [6, 6.07) is 6.22. The first-order chi connectivity index (χ1) is 12.1. The largest absolute Gasteiger partial charge is 0.359 e. The lowest BCUT2D eigenvalue weighted by Gasteiger charge is -2.22. The van der Waals surface area contributed by atoms with Gasteiger partial charge < -0.3 is 19.3 Å². The maximum absolute atomic E-state index is 5.48. The highest BCUT2D eigenvalue weighted by molar-refractivity contribution is 14.0. The maximum Gasteiger partial charge on any atom is 0.194 e. The standard InChI is InChI=1S/C19H31N5O.HI/c1-6-15(7-2)18-12-17(25-22-18)13-21-19(20-8-3)24(5)14-16-10-9-11-23(16)4;/h9-12,15H,6-8,13-14H2,1-5H3,(H,20,21);1H. The van der Waals surface area contributed by atoms with E-state index in [-0.39, 0.29) is 24.0 Å². The van der Waals surface area contributed by atoms with Crippen LogP contribution in [0.3, 0.4) is 0 Å². The monoisotopic (exact) mass is 473 g/mol. The second-order valence-corrected chi connectivity index (χ2v) is 6.37. The van der Waals surface area contributed by atoms with Crippen LogP contribution in [0, 0.1) is 0 Å². The third-order valence-corrected chi connectivity index (χ3v) is 4.51. The van der Waals surface area contributed by atoms with E-state index in [0.29, 0.717) is 12.5 Å². The number of hydrogen-bond donors (Lipinski definition) is 1. The van der Waals surface area contributed by atoms with Gasteiger partial charge in [-0.1, -0.05) is 19.0 Å². The van der Waals surface area contributed by atoms with E-state index in [1.54, 1.807) is 0 Å². The normalized spacial score (nSPS) is 11.5. The Hall–Kier alpha value is -1.51. The number of aryl methyl sites for hydroxylation is 1. The van der Waals surface area contributed by atoms with Crippen molar-refractivity contribution < 1.29 is 4.52 Å². The molecule has 2 aromatic rings. The molecule has 0 saturated heterocycles. The van der Waals surface area contributed by atoms with Crippen LogP contribution in [0.1, 0.15) is 56.7 Å². The first-order valence-corrected chi connectivity index (χ1v) is 9.14. The van der Waals surface area contributed by atoms with Gasteiger partial charge >= 0.3 is 0 Å². The van der Waals surface area contributed by atoms with Crippen LogP contribution in [0.4, 0.5) is 0 Å². The highest BCUT2D eigenvalue weighted by Crippen LogP contribution is 2.22. The Kier molecular flexibility index (Phi) is 9.75. The molecule has 0 radical (unpaired) electrons. The predicted molar refractivity (Wildman–Crippen MR) is 117 cm³/mol. The fraction of sp³-hybridized carbons (Fsp3) is 0.579. The first kappa shape index (κ1) is 22.5. The second kappa shape index (κ2) is 11.3. The lowest BCUT2D eigenvalue weighted by Crippen LogP contribution is -2.38. The van der Waals surface area contributed by atoms with Gasteiger partial charge in [0, 0.05) is 44.5 Å². The van der Waals surface area contributed by atoms with Gasteiger partial charge in [0.1, 0.15) is 6.54 Å². The minimum Gasteiger partial charge on any atom is -0.359 e. The zero-order valence-electron chi connectivity index (χ0n) is 16.5. The molecule has 7 heteroatoms. The van der Waals surface area contributed by atoms with Crippen LogP contribution in [0.2, 0.25) is 0 Å². The molecule has 26 heavy (non-hydrogen) atoms. The van der Waals surface area contributed by atoms with Gasteiger partial charge in [0.15, 0.2) is 11.7 Å². The second-order valence-electron chi connectivity index (χ2n) is 6.37. The fourth-order valence-electron chi connectivity index (χ4n) is 2.90. The molecule has 0 amide bonds. The fourth-order valence-corrected chi connectivity index (χ4v) is 2.90. The minimum absolute atomic E-state index is 0. The molecule has 1 N–H and O–H groups in total. The van der Waals surface area contributed by atoms with Gasteiger partial charge in [0.05, 0.1) is 12.2 Å². The van der Waals surface area contributed by atoms with E-state index < -0.39 is 0 Å². The number of aromatic nitrogens is 2. The molecular weight excluding hydrogens is 441 g/mol. The molecule has 0 aromatic carbocycles. The molecular formula is C19H32IN5O. The van der Waals surface area contributed by atoms with Gasteiger partial charge in [-0.2, -0.15) is 0 Å². The topological polar surface area (TPSA) is 58.6 Å². The molecule has 2 rings (SSSR count). The Morgan fingerprint density at radius 3 is 2.65 bits per heavy atom. The molecule has 0 bridgehead atoms. The van der Waals surface area contributed by atoms with Crippen LogP contribution >= 0.6 is 24.0 Å². The SMILES string of the molecule is CCNC(=NCc1cc(C(CC)CC)no1)N(C)Cc1cccn1C.I. The molecule has 0 aliphatic heterocycles. The summed E-state index contributed by atoms with van der Waals surface area (Å²) in [6.07, 6.45) is 4.21. The van der Waals surface area contributed by atoms with Gasteiger partial charge in [-0.25, -0.2) is 4.99 Å². The molecule has 0 aliphatic carbocycles. The summed E-state index contributed by atoms with van der Waals surface area (Å²) in [5, 5.41) is 7.56. The molecule has 2 heterocycles. The Bertz CT molecular complexity index is 675. The van der Waals surface area contributed by atoms with Crippen molar-refractivity contribution in [3.63, 3.8) is 0 Å². The van der Waals surface area contributed by atoms with Crippen LogP contribution in [0.25, 0.3) is 0 Å². The van der Waals surface area contributed by atoms with E-state index in [4.69, 9.17) is 9.52 Å². The highest BCUT2D eigenvalue weighted by Gasteiger charge is 2.13. The Labute approximate surface area is 174 Å². The van der Waals surface area contributed by atoms with Crippen molar-refractivity contribution in [2.45, 2.75) is 52.6 Å². The first-order valence-electron chi connectivity index (χ1n) is 9.14. The zero-order chi connectivity index (χ0) is 18.2. The quantitative estimate of drug-likeness (QED) is 0.356. The summed E-state index contributed by atoms with van der Waals surface area (Å²) in [6.45, 7) is 8.56. The van der Waals surface area contributed by atoms with Gasteiger partial charge in [0.25, 0.3) is 0 Å². The van der Waals surface area contributed by atoms with Crippen LogP contribution in [0.5, 0.6) is 0 Å². The number of guanidine groups is 1. The van der Waals surface area contributed by atoms with Crippen molar-refractivity contribution in [1.82, 2.24) is 19.9 Å². The van der Waals surface area contributed by atoms with Crippen molar-refractivity contribution in [1.29, 1.82) is 0 Å². The molecule has 2 aromatic heterocycles. The lowest BCUT2D eigenvalue weighted by molar-refractivity contribution is 0.371. The smallest absolute Gasteiger partial charge is 0.194 e. The van der Waals surface area contributed by atoms with E-state index in [1.807, 2.05) is 13.1 Å². The van der Waals surface area contributed by atoms with Crippen molar-refractivity contribution in [3.8, 4) is 0 Å². The van der Waals surface area contributed by atoms with Gasteiger partial charge in [-0.15, -0.1) is 24.0 Å². The number of hydrogen-bond acceptors (Lipinski definition) is 3. The number of rotatable bonds is 8. The van der Waals surface area contributed by atoms with Gasteiger partial charge in [-0.05, 0) is 31.9 Å². The van der Waals surface area contributed by atoms with Gasteiger partial charge in [0.2, 0.25) is 0 Å². The van der Waals surface area contributed by atoms with Crippen molar-refractivity contribution in [3.05, 3.63) is 41.5 Å². The number of aliphatic imine (C=N–C) groups is 1. The minimum atomic E-state index is 0. The van der Waals surface area contributed by atoms with Crippen LogP contribution in [-0.2, 0) is 20.1 Å². The van der Waals surface area contributed by atoms with Crippen LogP contribution in [0.15, 0.2) is 33.9 Å². The lowest BCUT2D eigenvalue weighted by atomic mass is 9.99. The highest BCUT2D eigenvalue weighted by atomic mass is 127. The average Bonchev–Trinajstić information content (AvgIpc) is 3.22. The average molecular weight is 473 g/mol. The van der Waals surface area contributed by atoms with Gasteiger partial charge in [-0.3, -0.25) is 0 Å². The summed E-state index contributed by atoms with van der Waals surface area (Å²) in [5.41, 5.74) is 2.28. The van der Waals surface area contributed by atoms with E-state index in [1.165, 1.54) is 5.69 Å². The Balaban J connectivity index is 0.00000338. The predicted octanol–water partition coefficient (Wildman–Crippen LogP) is 4.13. The molecule has 6 nitrogen and oxygen atoms in total. The molecule has 0 atom stereocenters. The van der Waals surface area contributed by atoms with Crippen LogP contribution in [-0.4, -0.2) is 34.2 Å². The summed E-state index contributed by atoms with van der Waals surface area (Å²) >= 11 is 0. The van der Waals surface area contributed by atoms with Crippen molar-refractivity contribution >= 4 is 29.9 Å². The van der Waals surface area contributed by atoms with Crippen molar-refractivity contribution in [2.75, 3.05) is 13.6 Å². The third-order valence-electron chi connectivity index (χ3n) is 4.51. The number of nitrogens with one attached hydrogen (secondary N) is 1. The Morgan fingerprint density at radius 2 is 2.08 bits per heavy atom. The molecule has 0 spiro atoms. The summed E-state index contributed by atoms with van der Waals surface area (Å²) in [4.78, 5) is 6.83. The van der Waals surface area contributed by atoms with E-state index >= 15 is 0 Å². The summed E-state index contributed by atoms with van der Waals surface area (Å²) in [7, 11) is 4.10. The van der Waals surface area contributed by atoms with Crippen molar-refractivity contribution in [2.24, 2.45) is 12.0 Å². The van der Waals surface area contributed by atoms with E-state index in [0.717, 1.165) is 43.3 Å².